The van der Waals surface area contributed by atoms with Crippen LogP contribution in [-0.4, -0.2) is 49.6 Å². The molecule has 11 heteroatoms. The maximum absolute atomic E-state index is 13.1. The van der Waals surface area contributed by atoms with Crippen LogP contribution in [0.2, 0.25) is 5.02 Å². The maximum Gasteiger partial charge on any atom is 0.270 e. The van der Waals surface area contributed by atoms with Crippen molar-refractivity contribution in [3.05, 3.63) is 94.9 Å². The summed E-state index contributed by atoms with van der Waals surface area (Å²) in [6, 6.07) is 18.8. The molecule has 0 fully saturated rings. The average molecular weight is 491 g/mol. The first-order valence-electron chi connectivity index (χ1n) is 10.9. The number of rotatable bonds is 9. The van der Waals surface area contributed by atoms with Crippen molar-refractivity contribution in [3.8, 4) is 5.69 Å². The van der Waals surface area contributed by atoms with E-state index < -0.39 is 11.9 Å². The molecule has 2 heterocycles. The second-order valence-corrected chi connectivity index (χ2v) is 8.17. The second-order valence-electron chi connectivity index (χ2n) is 7.73. The van der Waals surface area contributed by atoms with Crippen LogP contribution < -0.4 is 16.4 Å². The molecule has 0 spiro atoms. The fraction of sp³-hybridized carbons (Fsp3) is 0.167. The molecule has 2 aromatic heterocycles. The van der Waals surface area contributed by atoms with Gasteiger partial charge in [0.2, 0.25) is 5.91 Å². The highest BCUT2D eigenvalue weighted by Gasteiger charge is 2.22. The van der Waals surface area contributed by atoms with Crippen molar-refractivity contribution < 1.29 is 9.59 Å². The molecule has 4 rings (SSSR count). The van der Waals surface area contributed by atoms with E-state index in [1.54, 1.807) is 30.3 Å². The number of carbonyl (C=O) groups excluding carboxylic acids is 2. The molecule has 0 radical (unpaired) electrons. The van der Waals surface area contributed by atoms with Gasteiger partial charge in [0, 0.05) is 18.0 Å². The smallest absolute Gasteiger partial charge is 0.270 e. The molecule has 2 amide bonds. The lowest BCUT2D eigenvalue weighted by atomic mass is 10.0. The van der Waals surface area contributed by atoms with E-state index in [4.69, 9.17) is 17.3 Å². The summed E-state index contributed by atoms with van der Waals surface area (Å²) in [5.41, 5.74) is 8.36. The van der Waals surface area contributed by atoms with Crippen LogP contribution in [0.25, 0.3) is 5.69 Å². The number of benzene rings is 2. The molecule has 4 N–H and O–H groups in total. The molecule has 10 nitrogen and oxygen atoms in total. The molecule has 0 aliphatic carbocycles. The van der Waals surface area contributed by atoms with Crippen LogP contribution in [0, 0.1) is 0 Å². The van der Waals surface area contributed by atoms with Crippen LogP contribution >= 0.6 is 11.6 Å². The highest BCUT2D eigenvalue weighted by atomic mass is 35.5. The summed E-state index contributed by atoms with van der Waals surface area (Å²) in [5, 5.41) is 17.5. The predicted molar refractivity (Wildman–Crippen MR) is 131 cm³/mol. The summed E-state index contributed by atoms with van der Waals surface area (Å²) in [7, 11) is 0. The molecular formula is C24H23ClN8O2. The predicted octanol–water partition coefficient (Wildman–Crippen LogP) is 1.99. The van der Waals surface area contributed by atoms with Gasteiger partial charge in [-0.15, -0.1) is 5.10 Å². The van der Waals surface area contributed by atoms with Crippen molar-refractivity contribution in [1.29, 1.82) is 0 Å². The molecule has 0 unspecified atom stereocenters. The Labute approximate surface area is 206 Å². The van der Waals surface area contributed by atoms with Gasteiger partial charge in [0.1, 0.15) is 23.9 Å². The number of hydrogen-bond donors (Lipinski definition) is 3. The molecular weight excluding hydrogens is 468 g/mol. The van der Waals surface area contributed by atoms with E-state index in [9.17, 15) is 9.59 Å². The molecule has 2 aromatic carbocycles. The van der Waals surface area contributed by atoms with Gasteiger partial charge in [-0.05, 0) is 58.3 Å². The minimum Gasteiger partial charge on any atom is -0.384 e. The quantitative estimate of drug-likeness (QED) is 0.326. The van der Waals surface area contributed by atoms with Gasteiger partial charge in [-0.25, -0.2) is 9.67 Å². The van der Waals surface area contributed by atoms with Gasteiger partial charge in [-0.1, -0.05) is 48.0 Å². The van der Waals surface area contributed by atoms with Gasteiger partial charge in [0.15, 0.2) is 0 Å². The Kier molecular flexibility index (Phi) is 7.63. The summed E-state index contributed by atoms with van der Waals surface area (Å²) in [6.45, 7) is 0.312. The minimum absolute atomic E-state index is 0.140. The number of pyridine rings is 1. The number of anilines is 1. The Hall–Kier alpha value is -4.31. The van der Waals surface area contributed by atoms with Crippen molar-refractivity contribution >= 4 is 29.2 Å². The lowest BCUT2D eigenvalue weighted by Crippen LogP contribution is -2.48. The van der Waals surface area contributed by atoms with E-state index in [2.05, 4.69) is 31.1 Å². The minimum atomic E-state index is -0.813. The zero-order valence-corrected chi connectivity index (χ0v) is 19.4. The maximum atomic E-state index is 13.1. The Morgan fingerprint density at radius 1 is 1.06 bits per heavy atom. The fourth-order valence-corrected chi connectivity index (χ4v) is 3.76. The van der Waals surface area contributed by atoms with E-state index in [0.29, 0.717) is 24.4 Å². The van der Waals surface area contributed by atoms with Crippen LogP contribution in [0.5, 0.6) is 0 Å². The van der Waals surface area contributed by atoms with Gasteiger partial charge in [-0.3, -0.25) is 9.59 Å². The Bertz CT molecular complexity index is 1300. The summed E-state index contributed by atoms with van der Waals surface area (Å²) < 4.78 is 1.53. The van der Waals surface area contributed by atoms with Crippen molar-refractivity contribution in [3.63, 3.8) is 0 Å². The highest BCUT2D eigenvalue weighted by molar-refractivity contribution is 6.30. The molecule has 0 aliphatic heterocycles. The SMILES string of the molecule is Nc1cccc(C(=O)N[C@@H](Cc2ccccc2)C(=O)NCCc2cc(Cl)ccc2-n2cnnn2)n1. The van der Waals surface area contributed by atoms with E-state index in [0.717, 1.165) is 16.8 Å². The molecule has 1 atom stereocenters. The van der Waals surface area contributed by atoms with Gasteiger partial charge in [0.05, 0.1) is 5.69 Å². The molecule has 0 saturated heterocycles. The van der Waals surface area contributed by atoms with Crippen LogP contribution in [0.15, 0.2) is 73.1 Å². The molecule has 0 saturated carbocycles. The first-order chi connectivity index (χ1) is 17.0. The highest BCUT2D eigenvalue weighted by Crippen LogP contribution is 2.19. The van der Waals surface area contributed by atoms with Gasteiger partial charge >= 0.3 is 0 Å². The average Bonchev–Trinajstić information content (AvgIpc) is 3.39. The lowest BCUT2D eigenvalue weighted by molar-refractivity contribution is -0.122. The molecule has 35 heavy (non-hydrogen) atoms. The third kappa shape index (κ3) is 6.39. The third-order valence-electron chi connectivity index (χ3n) is 5.24. The number of carbonyl (C=O) groups is 2. The number of nitrogens with zero attached hydrogens (tertiary/aromatic N) is 5. The van der Waals surface area contributed by atoms with Gasteiger partial charge in [-0.2, -0.15) is 0 Å². The van der Waals surface area contributed by atoms with E-state index >= 15 is 0 Å². The van der Waals surface area contributed by atoms with Crippen LogP contribution in [-0.2, 0) is 17.6 Å². The largest absolute Gasteiger partial charge is 0.384 e. The molecule has 4 aromatic rings. The van der Waals surface area contributed by atoms with Crippen molar-refractivity contribution in [2.45, 2.75) is 18.9 Å². The zero-order valence-electron chi connectivity index (χ0n) is 18.6. The van der Waals surface area contributed by atoms with Gasteiger partial charge in [0.25, 0.3) is 5.91 Å². The van der Waals surface area contributed by atoms with Crippen LogP contribution in [0.1, 0.15) is 21.6 Å². The van der Waals surface area contributed by atoms with Gasteiger partial charge < -0.3 is 16.4 Å². The number of hydrogen-bond acceptors (Lipinski definition) is 7. The summed E-state index contributed by atoms with van der Waals surface area (Å²) in [6.07, 6.45) is 2.28. The third-order valence-corrected chi connectivity index (χ3v) is 5.47. The Morgan fingerprint density at radius 2 is 1.89 bits per heavy atom. The van der Waals surface area contributed by atoms with Crippen LogP contribution in [0.3, 0.4) is 0 Å². The Morgan fingerprint density at radius 3 is 2.63 bits per heavy atom. The normalized spacial score (nSPS) is 11.6. The second kappa shape index (κ2) is 11.2. The van der Waals surface area contributed by atoms with Crippen molar-refractivity contribution in [1.82, 2.24) is 35.8 Å². The monoisotopic (exact) mass is 490 g/mol. The Balaban J connectivity index is 1.45. The first kappa shape index (κ1) is 23.8. The number of amides is 2. The summed E-state index contributed by atoms with van der Waals surface area (Å²) >= 11 is 6.18. The van der Waals surface area contributed by atoms with Crippen molar-refractivity contribution in [2.24, 2.45) is 0 Å². The summed E-state index contributed by atoms with van der Waals surface area (Å²) in [4.78, 5) is 29.9. The molecule has 0 aliphatic rings. The van der Waals surface area contributed by atoms with E-state index in [-0.39, 0.29) is 17.4 Å². The lowest BCUT2D eigenvalue weighted by Gasteiger charge is -2.19. The first-order valence-corrected chi connectivity index (χ1v) is 11.2. The van der Waals surface area contributed by atoms with E-state index in [1.807, 2.05) is 36.4 Å². The molecule has 178 valence electrons. The zero-order chi connectivity index (χ0) is 24.6. The number of halogens is 1. The number of tetrazole rings is 1. The van der Waals surface area contributed by atoms with Crippen LogP contribution in [0.4, 0.5) is 5.82 Å². The van der Waals surface area contributed by atoms with Crippen molar-refractivity contribution in [2.75, 3.05) is 12.3 Å². The number of aromatic nitrogens is 5. The summed E-state index contributed by atoms with van der Waals surface area (Å²) in [5.74, 6) is -0.581. The number of nitrogens with one attached hydrogen (secondary N) is 2. The standard InChI is InChI=1S/C24H23ClN8O2/c25-18-9-10-21(33-15-28-31-32-33)17(14-18)11-12-27-23(34)20(13-16-5-2-1-3-6-16)30-24(35)19-7-4-8-22(26)29-19/h1-10,14-15,20H,11-13H2,(H2,26,29)(H,27,34)(H,30,35)/t20-/m0/s1. The number of nitrogen functional groups attached to an aromatic ring is 1. The molecule has 0 bridgehead atoms. The topological polar surface area (TPSA) is 141 Å². The van der Waals surface area contributed by atoms with E-state index in [1.165, 1.54) is 11.0 Å². The fourth-order valence-electron chi connectivity index (χ4n) is 3.56. The number of nitrogens with two attached hydrogens (primary N) is 1.